The van der Waals surface area contributed by atoms with Crippen LogP contribution in [0.2, 0.25) is 5.02 Å². The number of sulfonamides is 1. The van der Waals surface area contributed by atoms with Gasteiger partial charge in [0.2, 0.25) is 10.0 Å². The fraction of sp³-hybridized carbons (Fsp3) is 0.125. The summed E-state index contributed by atoms with van der Waals surface area (Å²) in [6, 6.07) is 21.3. The Kier molecular flexibility index (Phi) is 5.95. The van der Waals surface area contributed by atoms with Crippen molar-refractivity contribution in [2.75, 3.05) is 18.1 Å². The molecule has 1 heterocycles. The van der Waals surface area contributed by atoms with Crippen molar-refractivity contribution < 1.29 is 17.9 Å². The Bertz CT molecular complexity index is 1410. The molecule has 32 heavy (non-hydrogen) atoms. The van der Waals surface area contributed by atoms with Crippen LogP contribution in [0.4, 0.5) is 5.69 Å². The third-order valence-electron chi connectivity index (χ3n) is 5.15. The standard InChI is InChI=1S/C24H21ClN2O4S/c1-31-24(28)23(17-8-5-7-16(15-17)18-9-3-4-10-20(18)25)27-14-13-19-21(26-32(2,29)30)11-6-12-22(19)27/h3-15,23,26H,1-2H3. The highest BCUT2D eigenvalue weighted by Crippen LogP contribution is 2.34. The Morgan fingerprint density at radius 2 is 1.78 bits per heavy atom. The van der Waals surface area contributed by atoms with E-state index in [0.29, 0.717) is 27.2 Å². The van der Waals surface area contributed by atoms with Crippen molar-refractivity contribution in [3.63, 3.8) is 0 Å². The van der Waals surface area contributed by atoms with Crippen LogP contribution in [0.25, 0.3) is 22.0 Å². The number of hydrogen-bond acceptors (Lipinski definition) is 4. The zero-order valence-electron chi connectivity index (χ0n) is 17.4. The van der Waals surface area contributed by atoms with Crippen molar-refractivity contribution in [2.24, 2.45) is 0 Å². The number of hydrogen-bond donors (Lipinski definition) is 1. The Balaban J connectivity index is 1.86. The molecule has 4 aromatic rings. The topological polar surface area (TPSA) is 77.4 Å². The van der Waals surface area contributed by atoms with Gasteiger partial charge in [0.1, 0.15) is 0 Å². The molecule has 0 radical (unpaired) electrons. The van der Waals surface area contributed by atoms with E-state index in [0.717, 1.165) is 17.4 Å². The van der Waals surface area contributed by atoms with E-state index in [1.165, 1.54) is 7.11 Å². The lowest BCUT2D eigenvalue weighted by Crippen LogP contribution is -2.21. The first-order valence-electron chi connectivity index (χ1n) is 9.78. The zero-order valence-corrected chi connectivity index (χ0v) is 19.0. The molecule has 4 rings (SSSR count). The van der Waals surface area contributed by atoms with Gasteiger partial charge in [-0.3, -0.25) is 4.72 Å². The summed E-state index contributed by atoms with van der Waals surface area (Å²) in [7, 11) is -2.11. The number of anilines is 1. The first-order chi connectivity index (χ1) is 15.3. The Morgan fingerprint density at radius 1 is 1.03 bits per heavy atom. The van der Waals surface area contributed by atoms with E-state index < -0.39 is 22.0 Å². The number of carbonyl (C=O) groups is 1. The van der Waals surface area contributed by atoms with Crippen LogP contribution in [-0.2, 0) is 19.6 Å². The summed E-state index contributed by atoms with van der Waals surface area (Å²) in [5.74, 6) is -0.444. The minimum Gasteiger partial charge on any atom is -0.467 e. The molecule has 0 saturated carbocycles. The first-order valence-corrected chi connectivity index (χ1v) is 12.1. The molecule has 0 aliphatic heterocycles. The molecule has 1 N–H and O–H groups in total. The van der Waals surface area contributed by atoms with Gasteiger partial charge in [-0.25, -0.2) is 13.2 Å². The molecular weight excluding hydrogens is 448 g/mol. The fourth-order valence-electron chi connectivity index (χ4n) is 3.80. The number of fused-ring (bicyclic) bond motifs is 1. The summed E-state index contributed by atoms with van der Waals surface area (Å²) >= 11 is 6.38. The van der Waals surface area contributed by atoms with Crippen molar-refractivity contribution in [2.45, 2.75) is 6.04 Å². The molecule has 0 amide bonds. The van der Waals surface area contributed by atoms with Crippen molar-refractivity contribution in [1.82, 2.24) is 4.57 Å². The predicted octanol–water partition coefficient (Wildman–Crippen LogP) is 5.10. The monoisotopic (exact) mass is 468 g/mol. The average Bonchev–Trinajstić information content (AvgIpc) is 3.18. The van der Waals surface area contributed by atoms with Gasteiger partial charge in [-0.05, 0) is 41.5 Å². The first kappa shape index (κ1) is 21.9. The highest BCUT2D eigenvalue weighted by Gasteiger charge is 2.26. The van der Waals surface area contributed by atoms with Crippen LogP contribution >= 0.6 is 11.6 Å². The van der Waals surface area contributed by atoms with Crippen LogP contribution < -0.4 is 4.72 Å². The van der Waals surface area contributed by atoms with Crippen LogP contribution in [-0.4, -0.2) is 32.3 Å². The minimum atomic E-state index is -3.46. The number of rotatable bonds is 6. The van der Waals surface area contributed by atoms with E-state index in [2.05, 4.69) is 4.72 Å². The Labute approximate surface area is 191 Å². The van der Waals surface area contributed by atoms with E-state index in [1.807, 2.05) is 54.6 Å². The second-order valence-electron chi connectivity index (χ2n) is 7.37. The van der Waals surface area contributed by atoms with Gasteiger partial charge in [-0.15, -0.1) is 0 Å². The quantitative estimate of drug-likeness (QED) is 0.399. The summed E-state index contributed by atoms with van der Waals surface area (Å²) < 4.78 is 32.9. The van der Waals surface area contributed by atoms with Crippen molar-refractivity contribution in [3.8, 4) is 11.1 Å². The third-order valence-corrected chi connectivity index (χ3v) is 6.07. The number of esters is 1. The average molecular weight is 469 g/mol. The molecule has 1 atom stereocenters. The number of aromatic nitrogens is 1. The van der Waals surface area contributed by atoms with Crippen molar-refractivity contribution in [1.29, 1.82) is 0 Å². The van der Waals surface area contributed by atoms with Crippen LogP contribution in [0.1, 0.15) is 11.6 Å². The van der Waals surface area contributed by atoms with Gasteiger partial charge in [-0.2, -0.15) is 0 Å². The number of carbonyl (C=O) groups excluding carboxylic acids is 1. The highest BCUT2D eigenvalue weighted by molar-refractivity contribution is 7.92. The number of nitrogens with one attached hydrogen (secondary N) is 1. The maximum atomic E-state index is 12.9. The SMILES string of the molecule is COC(=O)C(c1cccc(-c2ccccc2Cl)c1)n1ccc2c(NS(C)(=O)=O)cccc21. The minimum absolute atomic E-state index is 0.442. The molecule has 1 unspecified atom stereocenters. The summed E-state index contributed by atoms with van der Waals surface area (Å²) in [6.45, 7) is 0. The smallest absolute Gasteiger partial charge is 0.333 e. The number of halogens is 1. The molecule has 164 valence electrons. The second kappa shape index (κ2) is 8.68. The van der Waals surface area contributed by atoms with Crippen LogP contribution in [0.15, 0.2) is 79.0 Å². The number of methoxy groups -OCH3 is 1. The Morgan fingerprint density at radius 3 is 2.50 bits per heavy atom. The van der Waals surface area contributed by atoms with Crippen LogP contribution in [0, 0.1) is 0 Å². The zero-order chi connectivity index (χ0) is 22.9. The van der Waals surface area contributed by atoms with Gasteiger partial charge in [0, 0.05) is 22.2 Å². The molecule has 1 aromatic heterocycles. The third kappa shape index (κ3) is 4.35. The van der Waals surface area contributed by atoms with Crippen molar-refractivity contribution in [3.05, 3.63) is 89.6 Å². The maximum Gasteiger partial charge on any atom is 0.333 e. The molecule has 0 bridgehead atoms. The van der Waals surface area contributed by atoms with Gasteiger partial charge in [0.25, 0.3) is 0 Å². The number of benzene rings is 3. The summed E-state index contributed by atoms with van der Waals surface area (Å²) in [5.41, 5.74) is 3.58. The van der Waals surface area contributed by atoms with Gasteiger partial charge < -0.3 is 9.30 Å². The highest BCUT2D eigenvalue weighted by atomic mass is 35.5. The second-order valence-corrected chi connectivity index (χ2v) is 9.52. The molecule has 0 saturated heterocycles. The van der Waals surface area contributed by atoms with Gasteiger partial charge >= 0.3 is 5.97 Å². The molecule has 0 spiro atoms. The van der Waals surface area contributed by atoms with Gasteiger partial charge in [-0.1, -0.05) is 54.1 Å². The lowest BCUT2D eigenvalue weighted by atomic mass is 9.99. The summed E-state index contributed by atoms with van der Waals surface area (Å²) in [4.78, 5) is 12.9. The van der Waals surface area contributed by atoms with E-state index in [1.54, 1.807) is 29.0 Å². The van der Waals surface area contributed by atoms with E-state index in [4.69, 9.17) is 16.3 Å². The molecular formula is C24H21ClN2O4S. The largest absolute Gasteiger partial charge is 0.467 e. The molecule has 0 aliphatic rings. The van der Waals surface area contributed by atoms with E-state index in [9.17, 15) is 13.2 Å². The predicted molar refractivity (Wildman–Crippen MR) is 127 cm³/mol. The lowest BCUT2D eigenvalue weighted by molar-refractivity contribution is -0.143. The van der Waals surface area contributed by atoms with Crippen LogP contribution in [0.5, 0.6) is 0 Å². The Hall–Kier alpha value is -3.29. The lowest BCUT2D eigenvalue weighted by Gasteiger charge is -2.20. The summed E-state index contributed by atoms with van der Waals surface area (Å²) in [6.07, 6.45) is 2.85. The van der Waals surface area contributed by atoms with E-state index >= 15 is 0 Å². The molecule has 0 aliphatic carbocycles. The maximum absolute atomic E-state index is 12.9. The van der Waals surface area contributed by atoms with E-state index in [-0.39, 0.29) is 0 Å². The molecule has 3 aromatic carbocycles. The normalized spacial score (nSPS) is 12.5. The number of nitrogens with zero attached hydrogens (tertiary/aromatic N) is 1. The number of ether oxygens (including phenoxy) is 1. The van der Waals surface area contributed by atoms with Crippen LogP contribution in [0.3, 0.4) is 0 Å². The molecule has 0 fully saturated rings. The van der Waals surface area contributed by atoms with Gasteiger partial charge in [0.05, 0.1) is 24.6 Å². The molecule has 6 nitrogen and oxygen atoms in total. The van der Waals surface area contributed by atoms with Crippen molar-refractivity contribution >= 4 is 44.2 Å². The molecule has 8 heteroatoms. The fourth-order valence-corrected chi connectivity index (χ4v) is 4.62. The van der Waals surface area contributed by atoms with Gasteiger partial charge in [0.15, 0.2) is 6.04 Å². The summed E-state index contributed by atoms with van der Waals surface area (Å²) in [5, 5.41) is 1.29.